The second-order valence-electron chi connectivity index (χ2n) is 2.48. The van der Waals surface area contributed by atoms with Crippen molar-refractivity contribution in [2.24, 2.45) is 0 Å². The fourth-order valence-electron chi connectivity index (χ4n) is 0.851. The molecule has 0 aliphatic heterocycles. The molecule has 0 saturated carbocycles. The Kier molecular flexibility index (Phi) is 4.74. The standard InChI is InChI=1S/C8H13N3OS/c1-13-8-10-5-7(6-11-8)4-9-2-3-12/h5-6,9,12H,2-4H2,1H3. The van der Waals surface area contributed by atoms with Gasteiger partial charge in [0, 0.05) is 31.0 Å². The molecule has 0 amide bonds. The molecule has 0 aliphatic carbocycles. The van der Waals surface area contributed by atoms with E-state index in [2.05, 4.69) is 15.3 Å². The summed E-state index contributed by atoms with van der Waals surface area (Å²) in [5, 5.41) is 12.4. The maximum atomic E-state index is 8.53. The van der Waals surface area contributed by atoms with Gasteiger partial charge in [0.2, 0.25) is 0 Å². The Hall–Kier alpha value is -0.650. The van der Waals surface area contributed by atoms with Gasteiger partial charge in [-0.05, 0) is 6.26 Å². The normalized spacial score (nSPS) is 10.3. The molecule has 0 saturated heterocycles. The topological polar surface area (TPSA) is 58.0 Å². The van der Waals surface area contributed by atoms with Gasteiger partial charge >= 0.3 is 0 Å². The van der Waals surface area contributed by atoms with E-state index < -0.39 is 0 Å². The first kappa shape index (κ1) is 10.4. The van der Waals surface area contributed by atoms with Crippen LogP contribution in [0.15, 0.2) is 17.6 Å². The highest BCUT2D eigenvalue weighted by Crippen LogP contribution is 2.06. The van der Waals surface area contributed by atoms with Gasteiger partial charge in [0.15, 0.2) is 5.16 Å². The van der Waals surface area contributed by atoms with E-state index in [0.29, 0.717) is 13.1 Å². The van der Waals surface area contributed by atoms with Crippen molar-refractivity contribution in [3.05, 3.63) is 18.0 Å². The SMILES string of the molecule is CSc1ncc(CNCCO)cn1. The lowest BCUT2D eigenvalue weighted by molar-refractivity contribution is 0.292. The minimum Gasteiger partial charge on any atom is -0.395 e. The molecule has 1 aromatic rings. The highest BCUT2D eigenvalue weighted by atomic mass is 32.2. The molecular formula is C8H13N3OS. The van der Waals surface area contributed by atoms with Crippen molar-refractivity contribution < 1.29 is 5.11 Å². The van der Waals surface area contributed by atoms with Crippen LogP contribution in [-0.4, -0.2) is 34.5 Å². The van der Waals surface area contributed by atoms with Crippen LogP contribution in [0.2, 0.25) is 0 Å². The summed E-state index contributed by atoms with van der Waals surface area (Å²) in [5.74, 6) is 0. The monoisotopic (exact) mass is 199 g/mol. The molecule has 1 rings (SSSR count). The van der Waals surface area contributed by atoms with Crippen LogP contribution in [0.3, 0.4) is 0 Å². The molecule has 1 aromatic heterocycles. The molecule has 1 heterocycles. The Morgan fingerprint density at radius 1 is 1.46 bits per heavy atom. The number of thioether (sulfide) groups is 1. The van der Waals surface area contributed by atoms with E-state index in [-0.39, 0.29) is 6.61 Å². The number of nitrogens with zero attached hydrogens (tertiary/aromatic N) is 2. The van der Waals surface area contributed by atoms with Crippen molar-refractivity contribution in [1.29, 1.82) is 0 Å². The lowest BCUT2D eigenvalue weighted by atomic mass is 10.3. The van der Waals surface area contributed by atoms with Crippen LogP contribution in [0.4, 0.5) is 0 Å². The Labute approximate surface area is 81.8 Å². The second kappa shape index (κ2) is 5.90. The molecular weight excluding hydrogens is 186 g/mol. The number of aliphatic hydroxyl groups excluding tert-OH is 1. The van der Waals surface area contributed by atoms with Gasteiger partial charge in [-0.1, -0.05) is 11.8 Å². The maximum absolute atomic E-state index is 8.53. The molecule has 13 heavy (non-hydrogen) atoms. The average molecular weight is 199 g/mol. The van der Waals surface area contributed by atoms with Gasteiger partial charge in [-0.2, -0.15) is 0 Å². The van der Waals surface area contributed by atoms with E-state index in [1.54, 1.807) is 12.4 Å². The Morgan fingerprint density at radius 3 is 2.69 bits per heavy atom. The minimum atomic E-state index is 0.157. The van der Waals surface area contributed by atoms with Gasteiger partial charge in [-0.15, -0.1) is 0 Å². The van der Waals surface area contributed by atoms with E-state index in [4.69, 9.17) is 5.11 Å². The minimum absolute atomic E-state index is 0.157. The van der Waals surface area contributed by atoms with Crippen LogP contribution in [0, 0.1) is 0 Å². The number of hydrogen-bond donors (Lipinski definition) is 2. The van der Waals surface area contributed by atoms with E-state index in [1.165, 1.54) is 11.8 Å². The fourth-order valence-corrected chi connectivity index (χ4v) is 1.17. The summed E-state index contributed by atoms with van der Waals surface area (Å²) in [6.45, 7) is 1.46. The second-order valence-corrected chi connectivity index (χ2v) is 3.25. The van der Waals surface area contributed by atoms with Gasteiger partial charge < -0.3 is 10.4 Å². The molecule has 72 valence electrons. The quantitative estimate of drug-likeness (QED) is 0.405. The molecule has 2 N–H and O–H groups in total. The summed E-state index contributed by atoms with van der Waals surface area (Å²) in [4.78, 5) is 8.25. The zero-order chi connectivity index (χ0) is 9.52. The summed E-state index contributed by atoms with van der Waals surface area (Å²) >= 11 is 1.52. The molecule has 0 unspecified atom stereocenters. The van der Waals surface area contributed by atoms with Crippen LogP contribution < -0.4 is 5.32 Å². The number of rotatable bonds is 5. The van der Waals surface area contributed by atoms with Crippen LogP contribution in [-0.2, 0) is 6.54 Å². The van der Waals surface area contributed by atoms with Crippen molar-refractivity contribution in [1.82, 2.24) is 15.3 Å². The smallest absolute Gasteiger partial charge is 0.187 e. The first-order chi connectivity index (χ1) is 6.36. The molecule has 0 radical (unpaired) electrons. The van der Waals surface area contributed by atoms with Crippen LogP contribution >= 0.6 is 11.8 Å². The van der Waals surface area contributed by atoms with Crippen LogP contribution in [0.5, 0.6) is 0 Å². The zero-order valence-corrected chi connectivity index (χ0v) is 8.34. The van der Waals surface area contributed by atoms with Gasteiger partial charge in [0.25, 0.3) is 0 Å². The maximum Gasteiger partial charge on any atom is 0.187 e. The molecule has 0 aromatic carbocycles. The van der Waals surface area contributed by atoms with Crippen molar-refractivity contribution in [2.45, 2.75) is 11.7 Å². The van der Waals surface area contributed by atoms with E-state index in [9.17, 15) is 0 Å². The number of aliphatic hydroxyl groups is 1. The van der Waals surface area contributed by atoms with Crippen LogP contribution in [0.1, 0.15) is 5.56 Å². The number of hydrogen-bond acceptors (Lipinski definition) is 5. The predicted octanol–water partition coefficient (Wildman–Crippen LogP) is 0.280. The van der Waals surface area contributed by atoms with Crippen molar-refractivity contribution in [2.75, 3.05) is 19.4 Å². The lowest BCUT2D eigenvalue weighted by Crippen LogP contribution is -2.17. The molecule has 0 bridgehead atoms. The zero-order valence-electron chi connectivity index (χ0n) is 7.53. The molecule has 0 spiro atoms. The summed E-state index contributed by atoms with van der Waals surface area (Å²) in [7, 11) is 0. The predicted molar refractivity (Wildman–Crippen MR) is 52.6 cm³/mol. The fraction of sp³-hybridized carbons (Fsp3) is 0.500. The number of aromatic nitrogens is 2. The summed E-state index contributed by atoms with van der Waals surface area (Å²) < 4.78 is 0. The van der Waals surface area contributed by atoms with Crippen molar-refractivity contribution >= 4 is 11.8 Å². The molecule has 0 aliphatic rings. The molecule has 0 fully saturated rings. The summed E-state index contributed by atoms with van der Waals surface area (Å²) in [5.41, 5.74) is 1.03. The third-order valence-corrected chi connectivity index (χ3v) is 2.06. The first-order valence-corrected chi connectivity index (χ1v) is 5.25. The van der Waals surface area contributed by atoms with Gasteiger partial charge in [-0.25, -0.2) is 9.97 Å². The van der Waals surface area contributed by atoms with E-state index in [1.807, 2.05) is 6.26 Å². The highest BCUT2D eigenvalue weighted by Gasteiger charge is 1.95. The average Bonchev–Trinajstić information content (AvgIpc) is 2.19. The molecule has 5 heteroatoms. The van der Waals surface area contributed by atoms with Gasteiger partial charge in [0.05, 0.1) is 6.61 Å². The highest BCUT2D eigenvalue weighted by molar-refractivity contribution is 7.98. The third-order valence-electron chi connectivity index (χ3n) is 1.48. The lowest BCUT2D eigenvalue weighted by Gasteiger charge is -2.01. The largest absolute Gasteiger partial charge is 0.395 e. The summed E-state index contributed by atoms with van der Waals surface area (Å²) in [6, 6.07) is 0. The Morgan fingerprint density at radius 2 is 2.15 bits per heavy atom. The van der Waals surface area contributed by atoms with Gasteiger partial charge in [0.1, 0.15) is 0 Å². The van der Waals surface area contributed by atoms with E-state index >= 15 is 0 Å². The van der Waals surface area contributed by atoms with Crippen molar-refractivity contribution in [3.63, 3.8) is 0 Å². The Bertz CT molecular complexity index is 240. The Balaban J connectivity index is 2.40. The summed E-state index contributed by atoms with van der Waals surface area (Å²) in [6.07, 6.45) is 5.53. The van der Waals surface area contributed by atoms with Crippen LogP contribution in [0.25, 0.3) is 0 Å². The first-order valence-electron chi connectivity index (χ1n) is 4.03. The molecule has 0 atom stereocenters. The molecule has 4 nitrogen and oxygen atoms in total. The number of nitrogens with one attached hydrogen (secondary N) is 1. The van der Waals surface area contributed by atoms with Gasteiger partial charge in [-0.3, -0.25) is 0 Å². The van der Waals surface area contributed by atoms with Crippen molar-refractivity contribution in [3.8, 4) is 0 Å². The van der Waals surface area contributed by atoms with E-state index in [0.717, 1.165) is 10.7 Å². The third kappa shape index (κ3) is 3.71.